The van der Waals surface area contributed by atoms with Crippen LogP contribution in [0.3, 0.4) is 0 Å². The highest BCUT2D eigenvalue weighted by molar-refractivity contribution is 7.94. The van der Waals surface area contributed by atoms with Gasteiger partial charge in [-0.15, -0.1) is 11.3 Å². The van der Waals surface area contributed by atoms with Crippen LogP contribution in [0.25, 0.3) is 11.0 Å². The molecule has 0 radical (unpaired) electrons. The molecule has 0 unspecified atom stereocenters. The Hall–Kier alpha value is -1.70. The van der Waals surface area contributed by atoms with Crippen LogP contribution in [0.1, 0.15) is 0 Å². The van der Waals surface area contributed by atoms with Crippen LogP contribution in [-0.2, 0) is 10.0 Å². The summed E-state index contributed by atoms with van der Waals surface area (Å²) >= 11 is 7.09. The van der Waals surface area contributed by atoms with Crippen LogP contribution in [0.15, 0.2) is 46.0 Å². The predicted molar refractivity (Wildman–Crippen MR) is 79.7 cm³/mol. The molecule has 5 nitrogen and oxygen atoms in total. The molecule has 0 aliphatic rings. The van der Waals surface area contributed by atoms with E-state index in [2.05, 4.69) is 14.7 Å². The van der Waals surface area contributed by atoms with Gasteiger partial charge in [0, 0.05) is 0 Å². The fourth-order valence-electron chi connectivity index (χ4n) is 1.64. The van der Waals surface area contributed by atoms with Crippen LogP contribution in [-0.4, -0.2) is 18.4 Å². The number of benzene rings is 1. The molecular weight excluding hydrogens is 318 g/mol. The Morgan fingerprint density at radius 2 is 1.75 bits per heavy atom. The van der Waals surface area contributed by atoms with Gasteiger partial charge in [0.15, 0.2) is 11.0 Å². The van der Waals surface area contributed by atoms with Crippen molar-refractivity contribution in [3.05, 3.63) is 46.9 Å². The topological polar surface area (TPSA) is 72.0 Å². The van der Waals surface area contributed by atoms with Gasteiger partial charge in [0.2, 0.25) is 0 Å². The fourth-order valence-corrected chi connectivity index (χ4v) is 3.88. The maximum Gasteiger partial charge on any atom is 0.272 e. The van der Waals surface area contributed by atoms with Gasteiger partial charge < -0.3 is 0 Å². The van der Waals surface area contributed by atoms with Gasteiger partial charge in [0.25, 0.3) is 10.0 Å². The van der Waals surface area contributed by atoms with Gasteiger partial charge in [-0.2, -0.15) is 0 Å². The molecule has 2 heterocycles. The van der Waals surface area contributed by atoms with Crippen molar-refractivity contribution in [3.8, 4) is 0 Å². The molecule has 0 saturated carbocycles. The Balaban J connectivity index is 2.05. The van der Waals surface area contributed by atoms with E-state index in [-0.39, 0.29) is 15.2 Å². The summed E-state index contributed by atoms with van der Waals surface area (Å²) in [7, 11) is -3.68. The Kier molecular flexibility index (Phi) is 3.33. The molecule has 3 rings (SSSR count). The molecule has 0 spiro atoms. The number of halogens is 1. The van der Waals surface area contributed by atoms with Crippen LogP contribution in [0.2, 0.25) is 5.15 Å². The third-order valence-electron chi connectivity index (χ3n) is 2.52. The van der Waals surface area contributed by atoms with E-state index >= 15 is 0 Å². The number of rotatable bonds is 3. The molecule has 2 aromatic heterocycles. The molecule has 0 atom stereocenters. The fraction of sp³-hybridized carbons (Fsp3) is 0. The molecule has 0 fully saturated rings. The highest BCUT2D eigenvalue weighted by Gasteiger charge is 2.18. The van der Waals surface area contributed by atoms with Gasteiger partial charge in [-0.1, -0.05) is 29.8 Å². The van der Waals surface area contributed by atoms with Gasteiger partial charge in [-0.05, 0) is 23.6 Å². The summed E-state index contributed by atoms with van der Waals surface area (Å²) in [5.74, 6) is 0.0266. The number of fused-ring (bicyclic) bond motifs is 1. The first kappa shape index (κ1) is 13.3. The molecule has 1 N–H and O–H groups in total. The number of para-hydroxylation sites is 2. The monoisotopic (exact) mass is 325 g/mol. The number of aromatic nitrogens is 2. The summed E-state index contributed by atoms with van der Waals surface area (Å²) in [4.78, 5) is 8.31. The van der Waals surface area contributed by atoms with E-state index < -0.39 is 10.0 Å². The third kappa shape index (κ3) is 2.47. The molecule has 1 aromatic carbocycles. The molecule has 0 bridgehead atoms. The molecule has 0 aliphatic heterocycles. The molecule has 0 saturated heterocycles. The number of thiophene rings is 1. The maximum absolute atomic E-state index is 12.1. The summed E-state index contributed by atoms with van der Waals surface area (Å²) in [5, 5.41) is 1.70. The Morgan fingerprint density at radius 3 is 2.40 bits per heavy atom. The Bertz CT molecular complexity index is 864. The lowest BCUT2D eigenvalue weighted by molar-refractivity contribution is 0.603. The van der Waals surface area contributed by atoms with E-state index in [9.17, 15) is 8.42 Å². The largest absolute Gasteiger partial charge is 0.272 e. The molecule has 102 valence electrons. The number of sulfonamides is 1. The van der Waals surface area contributed by atoms with Crippen LogP contribution in [0.5, 0.6) is 0 Å². The number of hydrogen-bond donors (Lipinski definition) is 1. The standard InChI is InChI=1S/C12H8ClN3O2S2/c13-11-12(15-9-5-2-1-4-8(9)14-11)16-20(17,18)10-6-3-7-19-10/h1-7H,(H,15,16). The van der Waals surface area contributed by atoms with E-state index in [0.717, 1.165) is 11.3 Å². The van der Waals surface area contributed by atoms with Crippen LogP contribution in [0, 0.1) is 0 Å². The second-order valence-corrected chi connectivity index (χ2v) is 7.10. The van der Waals surface area contributed by atoms with Crippen molar-refractivity contribution >= 4 is 49.8 Å². The lowest BCUT2D eigenvalue weighted by Crippen LogP contribution is -2.13. The minimum atomic E-state index is -3.68. The molecule has 0 amide bonds. The van der Waals surface area contributed by atoms with E-state index in [4.69, 9.17) is 11.6 Å². The van der Waals surface area contributed by atoms with Crippen molar-refractivity contribution in [1.82, 2.24) is 9.97 Å². The highest BCUT2D eigenvalue weighted by Crippen LogP contribution is 2.25. The summed E-state index contributed by atoms with van der Waals surface area (Å²) in [6, 6.07) is 10.3. The average molecular weight is 326 g/mol. The van der Waals surface area contributed by atoms with Crippen molar-refractivity contribution in [3.63, 3.8) is 0 Å². The van der Waals surface area contributed by atoms with Crippen molar-refractivity contribution in [2.45, 2.75) is 4.21 Å². The van der Waals surface area contributed by atoms with Gasteiger partial charge >= 0.3 is 0 Å². The van der Waals surface area contributed by atoms with Crippen LogP contribution >= 0.6 is 22.9 Å². The van der Waals surface area contributed by atoms with Gasteiger partial charge in [0.05, 0.1) is 11.0 Å². The molecule has 20 heavy (non-hydrogen) atoms. The number of nitrogens with zero attached hydrogens (tertiary/aromatic N) is 2. The molecule has 8 heteroatoms. The first-order valence-electron chi connectivity index (χ1n) is 5.55. The average Bonchev–Trinajstić information content (AvgIpc) is 2.94. The lowest BCUT2D eigenvalue weighted by Gasteiger charge is -2.07. The maximum atomic E-state index is 12.1. The van der Waals surface area contributed by atoms with E-state index in [0.29, 0.717) is 11.0 Å². The minimum absolute atomic E-state index is 0.0174. The summed E-state index contributed by atoms with van der Waals surface area (Å²) in [6.45, 7) is 0. The van der Waals surface area contributed by atoms with Gasteiger partial charge in [0.1, 0.15) is 4.21 Å². The first-order chi connectivity index (χ1) is 9.56. The third-order valence-corrected chi connectivity index (χ3v) is 5.52. The molecule has 0 aliphatic carbocycles. The van der Waals surface area contributed by atoms with Crippen molar-refractivity contribution < 1.29 is 8.42 Å². The number of nitrogens with one attached hydrogen (secondary N) is 1. The smallest absolute Gasteiger partial charge is 0.260 e. The van der Waals surface area contributed by atoms with Crippen LogP contribution in [0.4, 0.5) is 5.82 Å². The summed E-state index contributed by atoms with van der Waals surface area (Å²) in [5.41, 5.74) is 1.18. The number of anilines is 1. The highest BCUT2D eigenvalue weighted by atomic mass is 35.5. The zero-order valence-corrected chi connectivity index (χ0v) is 12.3. The first-order valence-corrected chi connectivity index (χ1v) is 8.29. The van der Waals surface area contributed by atoms with E-state index in [1.165, 1.54) is 6.07 Å². The zero-order chi connectivity index (χ0) is 14.2. The zero-order valence-electron chi connectivity index (χ0n) is 9.95. The van der Waals surface area contributed by atoms with E-state index in [1.807, 2.05) is 6.07 Å². The summed E-state index contributed by atoms with van der Waals surface area (Å²) in [6.07, 6.45) is 0. The van der Waals surface area contributed by atoms with Crippen molar-refractivity contribution in [1.29, 1.82) is 0 Å². The number of hydrogen-bond acceptors (Lipinski definition) is 5. The Morgan fingerprint density at radius 1 is 1.05 bits per heavy atom. The molecular formula is C12H8ClN3O2S2. The lowest BCUT2D eigenvalue weighted by atomic mass is 10.3. The second kappa shape index (κ2) is 5.01. The summed E-state index contributed by atoms with van der Waals surface area (Å²) < 4.78 is 26.8. The van der Waals surface area contributed by atoms with Crippen molar-refractivity contribution in [2.24, 2.45) is 0 Å². The predicted octanol–water partition coefficient (Wildman–Crippen LogP) is 3.15. The SMILES string of the molecule is O=S(=O)(Nc1nc2ccccc2nc1Cl)c1cccs1. The minimum Gasteiger partial charge on any atom is -0.260 e. The van der Waals surface area contributed by atoms with Gasteiger partial charge in [-0.25, -0.2) is 18.4 Å². The Labute approximate surface area is 124 Å². The van der Waals surface area contributed by atoms with Crippen LogP contribution < -0.4 is 4.72 Å². The van der Waals surface area contributed by atoms with Gasteiger partial charge in [-0.3, -0.25) is 4.72 Å². The van der Waals surface area contributed by atoms with Crippen molar-refractivity contribution in [2.75, 3.05) is 4.72 Å². The second-order valence-electron chi connectivity index (χ2n) is 3.89. The van der Waals surface area contributed by atoms with E-state index in [1.54, 1.807) is 29.6 Å². The molecule has 3 aromatic rings. The normalized spacial score (nSPS) is 11.7. The quantitative estimate of drug-likeness (QED) is 0.803.